The smallest absolute Gasteiger partial charge is 0.123 e. The van der Waals surface area contributed by atoms with Crippen LogP contribution in [-0.4, -0.2) is 72.2 Å². The Labute approximate surface area is 237 Å². The molecule has 0 radical (unpaired) electrons. The molecule has 0 amide bonds. The number of ether oxygens (including phenoxy) is 8. The van der Waals surface area contributed by atoms with Crippen LogP contribution in [0.25, 0.3) is 0 Å². The number of hydrogen-bond acceptors (Lipinski definition) is 8. The Kier molecular flexibility index (Phi) is 13.8. The zero-order valence-corrected chi connectivity index (χ0v) is 23.0. The average Bonchev–Trinajstić information content (AvgIpc) is 3.00. The highest BCUT2D eigenvalue weighted by atomic mass is 16.6. The summed E-state index contributed by atoms with van der Waals surface area (Å²) >= 11 is 0. The first-order valence-corrected chi connectivity index (χ1v) is 13.8. The summed E-state index contributed by atoms with van der Waals surface area (Å²) < 4.78 is 46.6. The Hall–Kier alpha value is -2.98. The summed E-state index contributed by atoms with van der Waals surface area (Å²) in [6, 6.07) is 26.1. The summed E-state index contributed by atoms with van der Waals surface area (Å²) in [6.07, 6.45) is -0.226. The lowest BCUT2D eigenvalue weighted by molar-refractivity contribution is -0.0801. The van der Waals surface area contributed by atoms with E-state index in [1.807, 2.05) is 78.9 Å². The lowest BCUT2D eigenvalue weighted by Crippen LogP contribution is -2.28. The third kappa shape index (κ3) is 12.0. The Bertz CT molecular complexity index is 985. The van der Waals surface area contributed by atoms with Gasteiger partial charge in [0.1, 0.15) is 30.8 Å². The van der Waals surface area contributed by atoms with Crippen LogP contribution in [-0.2, 0) is 48.2 Å². The van der Waals surface area contributed by atoms with E-state index >= 15 is 0 Å². The molecule has 0 saturated carbocycles. The summed E-state index contributed by atoms with van der Waals surface area (Å²) in [6.45, 7) is 6.18. The van der Waals surface area contributed by atoms with Gasteiger partial charge in [-0.25, -0.2) is 0 Å². The monoisotopic (exact) mass is 552 g/mol. The Morgan fingerprint density at radius 3 is 1.57 bits per heavy atom. The minimum absolute atomic E-state index is 0.226. The quantitative estimate of drug-likeness (QED) is 0.354. The van der Waals surface area contributed by atoms with Gasteiger partial charge in [0, 0.05) is 6.07 Å². The molecular weight excluding hydrogens is 512 g/mol. The topological polar surface area (TPSA) is 73.8 Å². The van der Waals surface area contributed by atoms with Crippen molar-refractivity contribution in [3.63, 3.8) is 0 Å². The third-order valence-electron chi connectivity index (χ3n) is 6.01. The van der Waals surface area contributed by atoms with Crippen molar-refractivity contribution in [1.29, 1.82) is 0 Å². The van der Waals surface area contributed by atoms with Gasteiger partial charge in [0.15, 0.2) is 0 Å². The van der Waals surface area contributed by atoms with Gasteiger partial charge in [-0.05, 0) is 28.8 Å². The van der Waals surface area contributed by atoms with Crippen LogP contribution in [0.1, 0.15) is 16.7 Å². The summed E-state index contributed by atoms with van der Waals surface area (Å²) in [5.74, 6) is 1.45. The molecule has 0 aromatic heterocycles. The van der Waals surface area contributed by atoms with Crippen LogP contribution in [0.3, 0.4) is 0 Å². The lowest BCUT2D eigenvalue weighted by atomic mass is 10.2. The van der Waals surface area contributed by atoms with Gasteiger partial charge in [0.2, 0.25) is 0 Å². The maximum Gasteiger partial charge on any atom is 0.123 e. The summed E-state index contributed by atoms with van der Waals surface area (Å²) in [4.78, 5) is 0. The first-order valence-electron chi connectivity index (χ1n) is 13.8. The van der Waals surface area contributed by atoms with E-state index < -0.39 is 0 Å². The summed E-state index contributed by atoms with van der Waals surface area (Å²) in [7, 11) is 0. The van der Waals surface area contributed by atoms with Crippen LogP contribution in [0.2, 0.25) is 0 Å². The van der Waals surface area contributed by atoms with E-state index in [1.54, 1.807) is 0 Å². The molecule has 4 rings (SSSR count). The second-order valence-corrected chi connectivity index (χ2v) is 9.28. The molecule has 0 N–H and O–H groups in total. The molecule has 216 valence electrons. The van der Waals surface area contributed by atoms with Crippen LogP contribution in [0.4, 0.5) is 0 Å². The highest BCUT2D eigenvalue weighted by molar-refractivity contribution is 5.38. The van der Waals surface area contributed by atoms with Crippen molar-refractivity contribution in [3.8, 4) is 11.5 Å². The van der Waals surface area contributed by atoms with Crippen LogP contribution < -0.4 is 9.47 Å². The fourth-order valence-electron chi connectivity index (χ4n) is 3.96. The summed E-state index contributed by atoms with van der Waals surface area (Å²) in [5, 5.41) is 0. The predicted molar refractivity (Wildman–Crippen MR) is 151 cm³/mol. The zero-order chi connectivity index (χ0) is 27.5. The van der Waals surface area contributed by atoms with Crippen LogP contribution in [0.5, 0.6) is 11.5 Å². The van der Waals surface area contributed by atoms with Gasteiger partial charge in [-0.15, -0.1) is 0 Å². The third-order valence-corrected chi connectivity index (χ3v) is 6.01. The van der Waals surface area contributed by atoms with Crippen molar-refractivity contribution in [2.75, 3.05) is 66.1 Å². The van der Waals surface area contributed by atoms with E-state index in [9.17, 15) is 0 Å². The first-order chi connectivity index (χ1) is 19.8. The molecule has 1 heterocycles. The maximum absolute atomic E-state index is 6.11. The predicted octanol–water partition coefficient (Wildman–Crippen LogP) is 4.83. The maximum atomic E-state index is 6.11. The molecule has 8 heteroatoms. The van der Waals surface area contributed by atoms with Crippen LogP contribution >= 0.6 is 0 Å². The summed E-state index contributed by atoms with van der Waals surface area (Å²) in [5.41, 5.74) is 3.14. The molecule has 40 heavy (non-hydrogen) atoms. The highest BCUT2D eigenvalue weighted by Gasteiger charge is 2.12. The Morgan fingerprint density at radius 1 is 0.525 bits per heavy atom. The van der Waals surface area contributed by atoms with E-state index in [2.05, 4.69) is 0 Å². The highest BCUT2D eigenvalue weighted by Crippen LogP contribution is 2.25. The van der Waals surface area contributed by atoms with Crippen molar-refractivity contribution in [2.24, 2.45) is 0 Å². The van der Waals surface area contributed by atoms with Crippen molar-refractivity contribution in [1.82, 2.24) is 0 Å². The number of rotatable bonds is 10. The molecule has 1 saturated heterocycles. The van der Waals surface area contributed by atoms with Gasteiger partial charge >= 0.3 is 0 Å². The van der Waals surface area contributed by atoms with E-state index in [-0.39, 0.29) is 6.10 Å². The first kappa shape index (κ1) is 30.0. The molecule has 1 atom stereocenters. The van der Waals surface area contributed by atoms with Gasteiger partial charge < -0.3 is 37.9 Å². The molecule has 1 aliphatic rings. The van der Waals surface area contributed by atoms with Gasteiger partial charge in [-0.2, -0.15) is 0 Å². The van der Waals surface area contributed by atoms with E-state index in [0.29, 0.717) is 85.9 Å². The fourth-order valence-corrected chi connectivity index (χ4v) is 3.96. The minimum Gasteiger partial charge on any atom is -0.489 e. The molecule has 0 spiro atoms. The van der Waals surface area contributed by atoms with E-state index in [4.69, 9.17) is 37.9 Å². The fraction of sp³-hybridized carbons (Fsp3) is 0.438. The molecule has 1 aliphatic heterocycles. The molecule has 0 bridgehead atoms. The normalized spacial score (nSPS) is 17.9. The van der Waals surface area contributed by atoms with E-state index in [0.717, 1.165) is 28.2 Å². The van der Waals surface area contributed by atoms with Crippen molar-refractivity contribution in [2.45, 2.75) is 25.9 Å². The van der Waals surface area contributed by atoms with Gasteiger partial charge in [-0.3, -0.25) is 0 Å². The van der Waals surface area contributed by atoms with Crippen LogP contribution in [0.15, 0.2) is 78.9 Å². The van der Waals surface area contributed by atoms with Crippen molar-refractivity contribution in [3.05, 3.63) is 95.6 Å². The number of benzene rings is 3. The molecule has 1 fully saturated rings. The van der Waals surface area contributed by atoms with Gasteiger partial charge in [-0.1, -0.05) is 60.7 Å². The average molecular weight is 553 g/mol. The largest absolute Gasteiger partial charge is 0.489 e. The molecule has 0 aliphatic carbocycles. The number of hydrogen-bond donors (Lipinski definition) is 0. The molecular formula is C32H40O8. The molecule has 3 aromatic carbocycles. The van der Waals surface area contributed by atoms with Gasteiger partial charge in [0.25, 0.3) is 0 Å². The van der Waals surface area contributed by atoms with E-state index in [1.165, 1.54) is 0 Å². The SMILES string of the molecule is c1ccc(COc2cc(COCC3COCCOCCOCCOCCO3)cc(OCc3ccccc3)c2)cc1. The van der Waals surface area contributed by atoms with Crippen LogP contribution in [0, 0.1) is 0 Å². The molecule has 1 unspecified atom stereocenters. The van der Waals surface area contributed by atoms with Gasteiger partial charge in [0.05, 0.1) is 72.7 Å². The standard InChI is InChI=1S/C32H40O8/c1-3-7-27(8-4-1)23-39-30-19-29(20-31(21-30)40-24-28-9-5-2-6-10-28)22-37-26-32-25-36-16-15-34-12-11-33-13-14-35-17-18-38-32/h1-10,19-21,32H,11-18,22-26H2. The molecule has 3 aromatic rings. The lowest BCUT2D eigenvalue weighted by Gasteiger charge is -2.19. The second kappa shape index (κ2) is 18.4. The molecule has 8 nitrogen and oxygen atoms in total. The Balaban J connectivity index is 1.33. The van der Waals surface area contributed by atoms with Crippen molar-refractivity contribution < 1.29 is 37.9 Å². The second-order valence-electron chi connectivity index (χ2n) is 9.28. The Morgan fingerprint density at radius 2 is 1.02 bits per heavy atom. The van der Waals surface area contributed by atoms with Crippen molar-refractivity contribution >= 4 is 0 Å². The minimum atomic E-state index is -0.226. The zero-order valence-electron chi connectivity index (χ0n) is 23.0.